The third-order valence-electron chi connectivity index (χ3n) is 6.79. The number of H-pyrrole nitrogens is 1. The van der Waals surface area contributed by atoms with Gasteiger partial charge in [-0.15, -0.1) is 9.94 Å². The second-order valence-corrected chi connectivity index (χ2v) is 10.4. The average molecular weight is 593 g/mol. The highest BCUT2D eigenvalue weighted by molar-refractivity contribution is 5.64. The number of aromatic nitrogens is 4. The fraction of sp³-hybridized carbons (Fsp3) is 0.419. The van der Waals surface area contributed by atoms with E-state index in [1.807, 2.05) is 75.0 Å². The van der Waals surface area contributed by atoms with Crippen molar-refractivity contribution in [2.75, 3.05) is 66.7 Å². The number of benzene rings is 2. The molecule has 0 amide bonds. The van der Waals surface area contributed by atoms with Crippen LogP contribution in [0.4, 0.5) is 0 Å². The van der Waals surface area contributed by atoms with Gasteiger partial charge in [-0.2, -0.15) is 5.10 Å². The maximum atomic E-state index is 8.99. The van der Waals surface area contributed by atoms with Gasteiger partial charge in [-0.25, -0.2) is 0 Å². The van der Waals surface area contributed by atoms with Crippen molar-refractivity contribution >= 4 is 0 Å². The molecular formula is C31H44N8O4. The topological polar surface area (TPSA) is 153 Å². The Labute approximate surface area is 253 Å². The molecule has 0 atom stereocenters. The minimum Gasteiger partial charge on any atom is -0.493 e. The van der Waals surface area contributed by atoms with Gasteiger partial charge < -0.3 is 40.7 Å². The molecule has 0 aliphatic heterocycles. The Hall–Kier alpha value is -3.94. The number of ether oxygens (including phenoxy) is 2. The first-order chi connectivity index (χ1) is 21.0. The van der Waals surface area contributed by atoms with Crippen molar-refractivity contribution < 1.29 is 19.4 Å². The summed E-state index contributed by atoms with van der Waals surface area (Å²) in [7, 11) is 4.08. The van der Waals surface area contributed by atoms with E-state index in [1.165, 1.54) is 4.85 Å². The van der Waals surface area contributed by atoms with E-state index in [1.54, 1.807) is 0 Å². The Morgan fingerprint density at radius 3 is 1.98 bits per heavy atom. The van der Waals surface area contributed by atoms with Gasteiger partial charge in [0.15, 0.2) is 0 Å². The summed E-state index contributed by atoms with van der Waals surface area (Å²) in [4.78, 5) is 11.8. The first-order valence-electron chi connectivity index (χ1n) is 14.6. The molecule has 12 nitrogen and oxygen atoms in total. The molecule has 2 heterocycles. The van der Waals surface area contributed by atoms with Gasteiger partial charge >= 0.3 is 0 Å². The summed E-state index contributed by atoms with van der Waals surface area (Å²) >= 11 is 0. The number of rotatable bonds is 19. The summed E-state index contributed by atoms with van der Waals surface area (Å²) in [5.74, 6) is 1.49. The fourth-order valence-electron chi connectivity index (χ4n) is 4.67. The first kappa shape index (κ1) is 32.0. The molecule has 6 N–H and O–H groups in total. The van der Waals surface area contributed by atoms with Crippen molar-refractivity contribution in [1.82, 2.24) is 29.9 Å². The lowest BCUT2D eigenvalue weighted by atomic mass is 10.1. The van der Waals surface area contributed by atoms with Crippen LogP contribution in [-0.2, 0) is 13.1 Å². The number of aliphatic hydroxyl groups is 1. The van der Waals surface area contributed by atoms with Gasteiger partial charge in [0, 0.05) is 74.1 Å². The highest BCUT2D eigenvalue weighted by Gasteiger charge is 2.15. The van der Waals surface area contributed by atoms with Gasteiger partial charge in [-0.3, -0.25) is 5.10 Å². The van der Waals surface area contributed by atoms with Gasteiger partial charge in [-0.05, 0) is 62.6 Å². The highest BCUT2D eigenvalue weighted by Crippen LogP contribution is 2.26. The molecule has 0 spiro atoms. The predicted octanol–water partition coefficient (Wildman–Crippen LogP) is 1.99. The number of likely N-dealkylation sites (N-methyl/N-ethyl adjacent to an activating group) is 2. The van der Waals surface area contributed by atoms with E-state index in [0.29, 0.717) is 45.0 Å². The van der Waals surface area contributed by atoms with Crippen LogP contribution >= 0.6 is 0 Å². The summed E-state index contributed by atoms with van der Waals surface area (Å²) < 4.78 is 11.4. The second-order valence-electron chi connectivity index (χ2n) is 10.4. The third kappa shape index (κ3) is 9.53. The summed E-state index contributed by atoms with van der Waals surface area (Å²) in [5, 5.41) is 21.1. The molecule has 0 saturated heterocycles. The molecule has 232 valence electrons. The maximum Gasteiger partial charge on any atom is 0.120 e. The molecule has 4 aromatic rings. The third-order valence-corrected chi connectivity index (χ3v) is 6.79. The van der Waals surface area contributed by atoms with Crippen LogP contribution in [0.25, 0.3) is 22.5 Å². The van der Waals surface area contributed by atoms with Crippen molar-refractivity contribution in [3.63, 3.8) is 0 Å². The minimum absolute atomic E-state index is 0.0282. The number of aliphatic hydroxyl groups excluding tert-OH is 1. The number of nitrogens with zero attached hydrogens (tertiary/aromatic N) is 5. The van der Waals surface area contributed by atoms with Gasteiger partial charge in [0.2, 0.25) is 0 Å². The van der Waals surface area contributed by atoms with E-state index < -0.39 is 0 Å². The predicted molar refractivity (Wildman–Crippen MR) is 167 cm³/mol. The number of nitrogens with two attached hydrogens (primary N) is 2. The van der Waals surface area contributed by atoms with Crippen LogP contribution in [0.15, 0.2) is 60.9 Å². The monoisotopic (exact) mass is 592 g/mol. The Balaban J connectivity index is 1.30. The molecule has 0 aliphatic carbocycles. The number of hydrogen-bond acceptors (Lipinski definition) is 10. The van der Waals surface area contributed by atoms with Crippen molar-refractivity contribution in [3.05, 3.63) is 72.1 Å². The van der Waals surface area contributed by atoms with Crippen molar-refractivity contribution in [2.24, 2.45) is 11.5 Å². The lowest BCUT2D eigenvalue weighted by Gasteiger charge is -2.15. The number of nitrogens with one attached hydrogen (secondary N) is 1. The van der Waals surface area contributed by atoms with Crippen LogP contribution in [0.3, 0.4) is 0 Å². The maximum absolute atomic E-state index is 8.99. The quantitative estimate of drug-likeness (QED) is 0.119. The molecule has 43 heavy (non-hydrogen) atoms. The molecule has 0 saturated carbocycles. The van der Waals surface area contributed by atoms with E-state index in [0.717, 1.165) is 59.0 Å². The summed E-state index contributed by atoms with van der Waals surface area (Å²) in [5.41, 5.74) is 17.3. The molecular weight excluding hydrogens is 548 g/mol. The van der Waals surface area contributed by atoms with E-state index in [4.69, 9.17) is 36.0 Å². The molecule has 0 aliphatic rings. The Morgan fingerprint density at radius 1 is 0.791 bits per heavy atom. The van der Waals surface area contributed by atoms with Crippen molar-refractivity contribution in [1.29, 1.82) is 0 Å². The van der Waals surface area contributed by atoms with Crippen LogP contribution in [0.1, 0.15) is 17.5 Å². The van der Waals surface area contributed by atoms with Crippen molar-refractivity contribution in [3.8, 4) is 34.0 Å². The standard InChI is InChI=1S/C31H44N8O4/c1-37(14-12-32)21-26-20-34-35-30(26)24-4-8-28(9-5-24)41-17-3-18-43-39-23-27(22-38(2)15-13-33)31(36-39)25-6-10-29(11-7-25)42-19-16-40/h4-11,20,23,40H,3,12-19,21-22,32-33H2,1-2H3,(H,34,35). The van der Waals surface area contributed by atoms with Crippen LogP contribution in [0.2, 0.25) is 0 Å². The Morgan fingerprint density at radius 2 is 1.37 bits per heavy atom. The van der Waals surface area contributed by atoms with Gasteiger partial charge in [0.1, 0.15) is 30.4 Å². The molecule has 0 bridgehead atoms. The van der Waals surface area contributed by atoms with E-state index >= 15 is 0 Å². The van der Waals surface area contributed by atoms with Crippen molar-refractivity contribution in [2.45, 2.75) is 19.5 Å². The Bertz CT molecular complexity index is 1360. The number of aromatic amines is 1. The molecule has 0 fully saturated rings. The normalized spacial score (nSPS) is 11.4. The first-order valence-corrected chi connectivity index (χ1v) is 14.6. The molecule has 2 aromatic heterocycles. The molecule has 12 heteroatoms. The molecule has 4 rings (SSSR count). The summed E-state index contributed by atoms with van der Waals surface area (Å²) in [6, 6.07) is 15.6. The van der Waals surface area contributed by atoms with Gasteiger partial charge in [0.05, 0.1) is 25.1 Å². The van der Waals surface area contributed by atoms with Crippen LogP contribution in [0, 0.1) is 0 Å². The summed E-state index contributed by atoms with van der Waals surface area (Å²) in [6.07, 6.45) is 4.53. The largest absolute Gasteiger partial charge is 0.493 e. The molecule has 0 radical (unpaired) electrons. The fourth-order valence-corrected chi connectivity index (χ4v) is 4.67. The second kappa shape index (κ2) is 16.6. The van der Waals surface area contributed by atoms with E-state index in [-0.39, 0.29) is 13.2 Å². The van der Waals surface area contributed by atoms with Crippen LogP contribution < -0.4 is 25.8 Å². The minimum atomic E-state index is -0.0282. The van der Waals surface area contributed by atoms with Crippen LogP contribution in [0.5, 0.6) is 11.5 Å². The summed E-state index contributed by atoms with van der Waals surface area (Å²) in [6.45, 7) is 5.43. The Kier molecular flexibility index (Phi) is 12.4. The van der Waals surface area contributed by atoms with E-state index in [2.05, 4.69) is 20.0 Å². The molecule has 0 unspecified atom stereocenters. The smallest absolute Gasteiger partial charge is 0.120 e. The lowest BCUT2D eigenvalue weighted by Crippen LogP contribution is -2.25. The van der Waals surface area contributed by atoms with E-state index in [9.17, 15) is 0 Å². The molecule has 2 aromatic carbocycles. The zero-order valence-electron chi connectivity index (χ0n) is 25.1. The highest BCUT2D eigenvalue weighted by atomic mass is 16.7. The SMILES string of the molecule is CN(CCN)Cc1c[nH]nc1-c1ccc(OCCCOn2cc(CN(C)CCN)c(-c3ccc(OCCO)cc3)n2)cc1. The van der Waals surface area contributed by atoms with Gasteiger partial charge in [-0.1, -0.05) is 0 Å². The lowest BCUT2D eigenvalue weighted by molar-refractivity contribution is 0.0734. The number of hydrogen-bond donors (Lipinski definition) is 4. The van der Waals surface area contributed by atoms with Crippen LogP contribution in [-0.4, -0.2) is 102 Å². The zero-order valence-corrected chi connectivity index (χ0v) is 25.1. The zero-order chi connectivity index (χ0) is 30.4. The average Bonchev–Trinajstić information content (AvgIpc) is 3.63. The van der Waals surface area contributed by atoms with Gasteiger partial charge in [0.25, 0.3) is 0 Å².